The highest BCUT2D eigenvalue weighted by molar-refractivity contribution is 6.10. The lowest BCUT2D eigenvalue weighted by Crippen LogP contribution is -2.58. The summed E-state index contributed by atoms with van der Waals surface area (Å²) in [5.41, 5.74) is 2.87. The topological polar surface area (TPSA) is 95.9 Å². The van der Waals surface area contributed by atoms with E-state index in [-0.39, 0.29) is 23.1 Å². The molecule has 0 aliphatic carbocycles. The number of benzene rings is 2. The van der Waals surface area contributed by atoms with E-state index in [4.69, 9.17) is 4.74 Å². The molecular weight excluding hydrogens is 384 g/mol. The van der Waals surface area contributed by atoms with Crippen molar-refractivity contribution < 1.29 is 24.2 Å². The zero-order chi connectivity index (χ0) is 22.4. The van der Waals surface area contributed by atoms with Gasteiger partial charge in [0.05, 0.1) is 11.3 Å². The molecule has 2 aromatic rings. The van der Waals surface area contributed by atoms with Crippen LogP contribution >= 0.6 is 0 Å². The predicted molar refractivity (Wildman–Crippen MR) is 114 cm³/mol. The summed E-state index contributed by atoms with van der Waals surface area (Å²) < 4.78 is 5.77. The highest BCUT2D eigenvalue weighted by Gasteiger charge is 2.44. The average molecular weight is 410 g/mol. The molecular formula is C23H26N2O5. The summed E-state index contributed by atoms with van der Waals surface area (Å²) >= 11 is 0. The quantitative estimate of drug-likeness (QED) is 0.798. The number of carboxylic acid groups (broad SMARTS) is 1. The third kappa shape index (κ3) is 3.75. The van der Waals surface area contributed by atoms with Crippen LogP contribution in [0.5, 0.6) is 5.75 Å². The summed E-state index contributed by atoms with van der Waals surface area (Å²) in [6, 6.07) is 7.39. The van der Waals surface area contributed by atoms with Crippen molar-refractivity contribution in [2.45, 2.75) is 53.2 Å². The molecule has 1 aliphatic heterocycles. The Kier molecular flexibility index (Phi) is 5.33. The van der Waals surface area contributed by atoms with Crippen LogP contribution in [0, 0.1) is 20.8 Å². The normalized spacial score (nSPS) is 15.8. The van der Waals surface area contributed by atoms with Crippen molar-refractivity contribution in [2.75, 3.05) is 10.2 Å². The number of anilines is 2. The third-order valence-corrected chi connectivity index (χ3v) is 5.26. The van der Waals surface area contributed by atoms with Crippen LogP contribution in [0.3, 0.4) is 0 Å². The Bertz CT molecular complexity index is 1030. The van der Waals surface area contributed by atoms with E-state index in [1.54, 1.807) is 20.8 Å². The van der Waals surface area contributed by atoms with E-state index in [0.717, 1.165) is 22.4 Å². The number of hydrogen-bond acceptors (Lipinski definition) is 4. The van der Waals surface area contributed by atoms with E-state index in [1.165, 1.54) is 23.1 Å². The van der Waals surface area contributed by atoms with E-state index < -0.39 is 17.6 Å². The molecule has 0 spiro atoms. The number of rotatable bonds is 4. The summed E-state index contributed by atoms with van der Waals surface area (Å²) in [6.45, 7) is 10.7. The molecule has 1 unspecified atom stereocenters. The van der Waals surface area contributed by atoms with Crippen LogP contribution in [0.15, 0.2) is 30.3 Å². The lowest BCUT2D eigenvalue weighted by Gasteiger charge is -2.41. The molecule has 0 saturated heterocycles. The molecule has 2 aromatic carbocycles. The van der Waals surface area contributed by atoms with Crippen molar-refractivity contribution in [1.29, 1.82) is 0 Å². The second-order valence-electron chi connectivity index (χ2n) is 8.21. The van der Waals surface area contributed by atoms with Crippen molar-refractivity contribution >= 4 is 29.2 Å². The van der Waals surface area contributed by atoms with Gasteiger partial charge in [0.25, 0.3) is 5.91 Å². The van der Waals surface area contributed by atoms with Gasteiger partial charge in [-0.25, -0.2) is 4.79 Å². The zero-order valence-corrected chi connectivity index (χ0v) is 18.0. The number of carbonyl (C=O) groups excluding carboxylic acids is 2. The molecule has 7 heteroatoms. The van der Waals surface area contributed by atoms with Gasteiger partial charge in [0, 0.05) is 5.69 Å². The van der Waals surface area contributed by atoms with E-state index in [2.05, 4.69) is 5.32 Å². The predicted octanol–water partition coefficient (Wildman–Crippen LogP) is 3.84. The first kappa shape index (κ1) is 21.4. The van der Waals surface area contributed by atoms with Gasteiger partial charge in [-0.3, -0.25) is 14.5 Å². The first-order valence-corrected chi connectivity index (χ1v) is 9.71. The molecule has 0 fully saturated rings. The Morgan fingerprint density at radius 2 is 1.70 bits per heavy atom. The lowest BCUT2D eigenvalue weighted by atomic mass is 10.00. The van der Waals surface area contributed by atoms with Gasteiger partial charge in [-0.2, -0.15) is 0 Å². The van der Waals surface area contributed by atoms with Crippen molar-refractivity contribution in [2.24, 2.45) is 0 Å². The number of carboxylic acids is 1. The minimum absolute atomic E-state index is 0.0434. The molecule has 30 heavy (non-hydrogen) atoms. The minimum Gasteiger partial charge on any atom is -0.478 e. The Labute approximate surface area is 175 Å². The second kappa shape index (κ2) is 7.48. The number of aryl methyl sites for hydroxylation is 3. The number of aromatic carboxylic acids is 1. The van der Waals surface area contributed by atoms with Gasteiger partial charge in [0.2, 0.25) is 5.91 Å². The van der Waals surface area contributed by atoms with E-state index in [1.807, 2.05) is 32.9 Å². The Balaban J connectivity index is 1.98. The van der Waals surface area contributed by atoms with Gasteiger partial charge >= 0.3 is 5.97 Å². The monoisotopic (exact) mass is 410 g/mol. The lowest BCUT2D eigenvalue weighted by molar-refractivity contribution is -0.134. The maximum absolute atomic E-state index is 13.1. The smallest absolute Gasteiger partial charge is 0.335 e. The molecule has 1 aliphatic rings. The van der Waals surface area contributed by atoms with E-state index in [9.17, 15) is 19.5 Å². The van der Waals surface area contributed by atoms with Crippen molar-refractivity contribution in [3.8, 4) is 5.75 Å². The van der Waals surface area contributed by atoms with Crippen molar-refractivity contribution in [3.63, 3.8) is 0 Å². The molecule has 0 aromatic heterocycles. The highest BCUT2D eigenvalue weighted by Crippen LogP contribution is 2.39. The number of ether oxygens (including phenoxy) is 1. The molecule has 0 bridgehead atoms. The average Bonchev–Trinajstić information content (AvgIpc) is 2.64. The summed E-state index contributed by atoms with van der Waals surface area (Å²) in [4.78, 5) is 38.9. The van der Waals surface area contributed by atoms with Crippen LogP contribution in [0.25, 0.3) is 0 Å². The summed E-state index contributed by atoms with van der Waals surface area (Å²) in [6.07, 6.45) is 0. The fraction of sp³-hybridized carbons (Fsp3) is 0.348. The minimum atomic E-state index is -1.24. The maximum atomic E-state index is 13.1. The number of fused-ring (bicyclic) bond motifs is 1. The SMILES string of the molecule is Cc1cc(C)c(NC(=O)C(C)N2C(=O)C(C)(C)Oc3cc(C(=O)O)ccc32)c(C)c1. The van der Waals surface area contributed by atoms with Gasteiger partial charge in [0.1, 0.15) is 11.8 Å². The number of carbonyl (C=O) groups is 3. The maximum Gasteiger partial charge on any atom is 0.335 e. The van der Waals surface area contributed by atoms with Crippen molar-refractivity contribution in [3.05, 3.63) is 52.6 Å². The number of nitrogens with zero attached hydrogens (tertiary/aromatic N) is 1. The van der Waals surface area contributed by atoms with Crippen LogP contribution in [0.2, 0.25) is 0 Å². The van der Waals surface area contributed by atoms with E-state index in [0.29, 0.717) is 5.69 Å². The molecule has 0 radical (unpaired) electrons. The van der Waals surface area contributed by atoms with E-state index >= 15 is 0 Å². The van der Waals surface area contributed by atoms with Gasteiger partial charge in [-0.05, 0) is 70.9 Å². The van der Waals surface area contributed by atoms with Gasteiger partial charge in [-0.1, -0.05) is 17.7 Å². The number of amides is 2. The molecule has 2 N–H and O–H groups in total. The molecule has 2 amide bonds. The largest absolute Gasteiger partial charge is 0.478 e. The van der Waals surface area contributed by atoms with Gasteiger partial charge in [0.15, 0.2) is 5.60 Å². The number of nitrogens with one attached hydrogen (secondary N) is 1. The summed E-state index contributed by atoms with van der Waals surface area (Å²) in [5.74, 6) is -1.57. The van der Waals surface area contributed by atoms with Gasteiger partial charge < -0.3 is 15.2 Å². The number of hydrogen-bond donors (Lipinski definition) is 2. The standard InChI is InChI=1S/C23H26N2O5/c1-12-9-13(2)19(14(3)10-12)24-20(26)15(4)25-17-8-7-16(21(27)28)11-18(17)30-23(5,6)22(25)29/h7-11,15H,1-6H3,(H,24,26)(H,27,28). The first-order valence-electron chi connectivity index (χ1n) is 9.71. The van der Waals surface area contributed by atoms with Crippen molar-refractivity contribution in [1.82, 2.24) is 0 Å². The van der Waals surface area contributed by atoms with Crippen LogP contribution in [-0.2, 0) is 9.59 Å². The molecule has 1 heterocycles. The molecule has 7 nitrogen and oxygen atoms in total. The molecule has 158 valence electrons. The fourth-order valence-corrected chi connectivity index (χ4v) is 3.75. The zero-order valence-electron chi connectivity index (χ0n) is 18.0. The van der Waals surface area contributed by atoms with Crippen LogP contribution in [0.1, 0.15) is 47.8 Å². The first-order chi connectivity index (χ1) is 13.9. The molecule has 1 atom stereocenters. The van der Waals surface area contributed by atoms with Gasteiger partial charge in [-0.15, -0.1) is 0 Å². The summed E-state index contributed by atoms with van der Waals surface area (Å²) in [5, 5.41) is 12.2. The second-order valence-corrected chi connectivity index (χ2v) is 8.21. The van der Waals surface area contributed by atoms with Crippen LogP contribution < -0.4 is 15.0 Å². The fourth-order valence-electron chi connectivity index (χ4n) is 3.75. The Morgan fingerprint density at radius 1 is 1.10 bits per heavy atom. The summed E-state index contributed by atoms with van der Waals surface area (Å²) in [7, 11) is 0. The molecule has 0 saturated carbocycles. The third-order valence-electron chi connectivity index (χ3n) is 5.26. The molecule has 3 rings (SSSR count). The Hall–Kier alpha value is -3.35. The van der Waals surface area contributed by atoms with Crippen LogP contribution in [-0.4, -0.2) is 34.5 Å². The van der Waals surface area contributed by atoms with Crippen LogP contribution in [0.4, 0.5) is 11.4 Å². The Morgan fingerprint density at radius 3 is 2.27 bits per heavy atom. The highest BCUT2D eigenvalue weighted by atomic mass is 16.5.